The maximum absolute atomic E-state index is 11.4. The van der Waals surface area contributed by atoms with Crippen molar-refractivity contribution in [3.8, 4) is 5.75 Å². The quantitative estimate of drug-likeness (QED) is 0.630. The van der Waals surface area contributed by atoms with Crippen molar-refractivity contribution in [3.63, 3.8) is 0 Å². The van der Waals surface area contributed by atoms with E-state index < -0.39 is 0 Å². The molecule has 1 aromatic rings. The molecule has 0 radical (unpaired) electrons. The Morgan fingerprint density at radius 1 is 1.13 bits per heavy atom. The molecule has 2 fully saturated rings. The number of methoxy groups -OCH3 is 1. The van der Waals surface area contributed by atoms with E-state index in [9.17, 15) is 10.1 Å². The van der Waals surface area contributed by atoms with Crippen LogP contribution in [0.15, 0.2) is 18.2 Å². The summed E-state index contributed by atoms with van der Waals surface area (Å²) in [6.07, 6.45) is 6.34. The fraction of sp³-hybridized carbons (Fsp3) is 0.647. The van der Waals surface area contributed by atoms with Crippen LogP contribution in [0.5, 0.6) is 5.75 Å². The van der Waals surface area contributed by atoms with E-state index in [1.807, 2.05) is 0 Å². The monoisotopic (exact) mass is 319 g/mol. The molecule has 1 saturated carbocycles. The SMILES string of the molecule is COc1ccc([N+](=O)[O-])c(N2CCCN(C3CCCC3)CC2)c1. The normalized spacial score (nSPS) is 20.5. The van der Waals surface area contributed by atoms with Gasteiger partial charge in [0.25, 0.3) is 5.69 Å². The van der Waals surface area contributed by atoms with Gasteiger partial charge in [-0.1, -0.05) is 12.8 Å². The molecule has 1 aliphatic heterocycles. The van der Waals surface area contributed by atoms with Crippen molar-refractivity contribution in [2.75, 3.05) is 38.2 Å². The van der Waals surface area contributed by atoms with Crippen molar-refractivity contribution >= 4 is 11.4 Å². The highest BCUT2D eigenvalue weighted by molar-refractivity contribution is 5.66. The van der Waals surface area contributed by atoms with Crippen molar-refractivity contribution in [3.05, 3.63) is 28.3 Å². The molecule has 2 aliphatic rings. The largest absolute Gasteiger partial charge is 0.497 e. The fourth-order valence-corrected chi connectivity index (χ4v) is 3.85. The summed E-state index contributed by atoms with van der Waals surface area (Å²) in [7, 11) is 1.59. The average molecular weight is 319 g/mol. The van der Waals surface area contributed by atoms with Gasteiger partial charge in [-0.3, -0.25) is 15.0 Å². The smallest absolute Gasteiger partial charge is 0.292 e. The Morgan fingerprint density at radius 2 is 1.91 bits per heavy atom. The second-order valence-corrected chi connectivity index (χ2v) is 6.43. The Morgan fingerprint density at radius 3 is 2.61 bits per heavy atom. The molecule has 0 bridgehead atoms. The number of nitro benzene ring substituents is 1. The van der Waals surface area contributed by atoms with Gasteiger partial charge in [0.05, 0.1) is 12.0 Å². The topological polar surface area (TPSA) is 58.9 Å². The zero-order valence-corrected chi connectivity index (χ0v) is 13.7. The average Bonchev–Trinajstić information content (AvgIpc) is 2.99. The molecular formula is C17H25N3O3. The molecule has 0 amide bonds. The number of nitro groups is 1. The van der Waals surface area contributed by atoms with Crippen LogP contribution in [0.4, 0.5) is 11.4 Å². The first-order valence-electron chi connectivity index (χ1n) is 8.50. The number of anilines is 1. The molecule has 126 valence electrons. The molecule has 1 heterocycles. The standard InChI is InChI=1S/C17H25N3O3/c1-23-15-7-8-16(20(21)22)17(13-15)19-10-4-9-18(11-12-19)14-5-2-3-6-14/h7-8,13-14H,2-6,9-12H2,1H3. The van der Waals surface area contributed by atoms with Gasteiger partial charge < -0.3 is 9.64 Å². The lowest BCUT2D eigenvalue weighted by molar-refractivity contribution is -0.384. The van der Waals surface area contributed by atoms with E-state index in [1.54, 1.807) is 25.3 Å². The van der Waals surface area contributed by atoms with Crippen molar-refractivity contribution in [1.82, 2.24) is 4.90 Å². The van der Waals surface area contributed by atoms with Crippen molar-refractivity contribution in [2.45, 2.75) is 38.1 Å². The molecule has 0 N–H and O–H groups in total. The van der Waals surface area contributed by atoms with E-state index >= 15 is 0 Å². The van der Waals surface area contributed by atoms with Gasteiger partial charge >= 0.3 is 0 Å². The zero-order valence-electron chi connectivity index (χ0n) is 13.7. The number of nitrogens with zero attached hydrogens (tertiary/aromatic N) is 3. The van der Waals surface area contributed by atoms with Crippen LogP contribution in [-0.2, 0) is 0 Å². The van der Waals surface area contributed by atoms with Gasteiger partial charge in [-0.05, 0) is 25.3 Å². The first-order valence-corrected chi connectivity index (χ1v) is 8.50. The van der Waals surface area contributed by atoms with Crippen LogP contribution in [0.3, 0.4) is 0 Å². The minimum absolute atomic E-state index is 0.167. The van der Waals surface area contributed by atoms with Crippen LogP contribution >= 0.6 is 0 Å². The summed E-state index contributed by atoms with van der Waals surface area (Å²) < 4.78 is 5.25. The molecule has 23 heavy (non-hydrogen) atoms. The van der Waals surface area contributed by atoms with Gasteiger partial charge in [-0.2, -0.15) is 0 Å². The van der Waals surface area contributed by atoms with Crippen molar-refractivity contribution < 1.29 is 9.66 Å². The summed E-state index contributed by atoms with van der Waals surface area (Å²) in [6.45, 7) is 3.78. The fourth-order valence-electron chi connectivity index (χ4n) is 3.85. The highest BCUT2D eigenvalue weighted by atomic mass is 16.6. The molecule has 3 rings (SSSR count). The van der Waals surface area contributed by atoms with Gasteiger partial charge in [0.2, 0.25) is 0 Å². The molecule has 1 aromatic carbocycles. The third kappa shape index (κ3) is 3.58. The van der Waals surface area contributed by atoms with Gasteiger partial charge in [0.1, 0.15) is 11.4 Å². The van der Waals surface area contributed by atoms with Gasteiger partial charge in [-0.25, -0.2) is 0 Å². The van der Waals surface area contributed by atoms with Crippen molar-refractivity contribution in [2.24, 2.45) is 0 Å². The summed E-state index contributed by atoms with van der Waals surface area (Å²) in [5.74, 6) is 0.669. The van der Waals surface area contributed by atoms with E-state index in [0.717, 1.165) is 38.6 Å². The maximum Gasteiger partial charge on any atom is 0.292 e. The van der Waals surface area contributed by atoms with E-state index in [1.165, 1.54) is 25.7 Å². The summed E-state index contributed by atoms with van der Waals surface area (Å²) in [6, 6.07) is 5.72. The molecule has 1 saturated heterocycles. The molecule has 0 spiro atoms. The van der Waals surface area contributed by atoms with Gasteiger partial charge in [-0.15, -0.1) is 0 Å². The highest BCUT2D eigenvalue weighted by Gasteiger charge is 2.27. The van der Waals surface area contributed by atoms with Crippen LogP contribution in [0.1, 0.15) is 32.1 Å². The zero-order chi connectivity index (χ0) is 16.2. The molecule has 0 aromatic heterocycles. The van der Waals surface area contributed by atoms with E-state index in [0.29, 0.717) is 11.4 Å². The Labute approximate surface area is 137 Å². The second kappa shape index (κ2) is 7.17. The predicted molar refractivity (Wildman–Crippen MR) is 90.3 cm³/mol. The summed E-state index contributed by atoms with van der Waals surface area (Å²) >= 11 is 0. The van der Waals surface area contributed by atoms with Crippen LogP contribution in [0.2, 0.25) is 0 Å². The lowest BCUT2D eigenvalue weighted by atomic mass is 10.2. The van der Waals surface area contributed by atoms with E-state index in [2.05, 4.69) is 9.80 Å². The summed E-state index contributed by atoms with van der Waals surface area (Å²) in [4.78, 5) is 15.8. The lowest BCUT2D eigenvalue weighted by Gasteiger charge is -2.27. The maximum atomic E-state index is 11.4. The first-order chi connectivity index (χ1) is 11.2. The lowest BCUT2D eigenvalue weighted by Crippen LogP contribution is -2.37. The Hall–Kier alpha value is -1.82. The van der Waals surface area contributed by atoms with Crippen LogP contribution in [0, 0.1) is 10.1 Å². The van der Waals surface area contributed by atoms with Gasteiger partial charge in [0, 0.05) is 44.4 Å². The number of hydrogen-bond donors (Lipinski definition) is 0. The van der Waals surface area contributed by atoms with Crippen LogP contribution < -0.4 is 9.64 Å². The number of rotatable bonds is 4. The molecule has 1 aliphatic carbocycles. The molecular weight excluding hydrogens is 294 g/mol. The number of benzene rings is 1. The third-order valence-corrected chi connectivity index (χ3v) is 5.09. The predicted octanol–water partition coefficient (Wildman–Crippen LogP) is 3.06. The van der Waals surface area contributed by atoms with Crippen LogP contribution in [-0.4, -0.2) is 49.2 Å². The Balaban J connectivity index is 1.77. The van der Waals surface area contributed by atoms with Crippen molar-refractivity contribution in [1.29, 1.82) is 0 Å². The van der Waals surface area contributed by atoms with E-state index in [-0.39, 0.29) is 10.6 Å². The second-order valence-electron chi connectivity index (χ2n) is 6.43. The van der Waals surface area contributed by atoms with Gasteiger partial charge in [0.15, 0.2) is 0 Å². The minimum atomic E-state index is -0.297. The number of hydrogen-bond acceptors (Lipinski definition) is 5. The summed E-state index contributed by atoms with van der Waals surface area (Å²) in [5, 5.41) is 11.4. The van der Waals surface area contributed by atoms with E-state index in [4.69, 9.17) is 4.74 Å². The molecule has 6 nitrogen and oxygen atoms in total. The minimum Gasteiger partial charge on any atom is -0.497 e. The molecule has 0 atom stereocenters. The third-order valence-electron chi connectivity index (χ3n) is 5.09. The summed E-state index contributed by atoms with van der Waals surface area (Å²) in [5.41, 5.74) is 0.850. The Bertz CT molecular complexity index is 558. The first kappa shape index (κ1) is 16.1. The van der Waals surface area contributed by atoms with Crippen LogP contribution in [0.25, 0.3) is 0 Å². The highest BCUT2D eigenvalue weighted by Crippen LogP contribution is 2.33. The number of ether oxygens (including phenoxy) is 1. The molecule has 6 heteroatoms. The Kier molecular flexibility index (Phi) is 5.00. The molecule has 0 unspecified atom stereocenters.